The number of nitrogens with zero attached hydrogens (tertiary/aromatic N) is 2. The number of aliphatic imine (C=N–C) groups is 1. The molecule has 1 atom stereocenters. The van der Waals surface area contributed by atoms with Crippen LogP contribution in [0, 0.1) is 0 Å². The molecule has 1 saturated carbocycles. The summed E-state index contributed by atoms with van der Waals surface area (Å²) in [4.78, 5) is 7.11. The molecule has 27 heavy (non-hydrogen) atoms. The number of hydrogen-bond donors (Lipinski definition) is 2. The molecule has 2 heterocycles. The molecule has 0 aromatic carbocycles. The molecule has 0 radical (unpaired) electrons. The molecule has 0 spiro atoms. The Bertz CT molecular complexity index is 444. The van der Waals surface area contributed by atoms with Crippen LogP contribution in [-0.4, -0.2) is 73.2 Å². The van der Waals surface area contributed by atoms with Crippen LogP contribution >= 0.6 is 24.0 Å². The highest BCUT2D eigenvalue weighted by Gasteiger charge is 2.30. The van der Waals surface area contributed by atoms with Crippen LogP contribution in [0.1, 0.15) is 64.7 Å². The first-order chi connectivity index (χ1) is 12.7. The molecule has 1 aliphatic carbocycles. The third-order valence-corrected chi connectivity index (χ3v) is 5.93. The van der Waals surface area contributed by atoms with Gasteiger partial charge in [-0.3, -0.25) is 4.99 Å². The van der Waals surface area contributed by atoms with Crippen molar-refractivity contribution in [2.45, 2.75) is 82.5 Å². The fourth-order valence-electron chi connectivity index (χ4n) is 4.27. The zero-order valence-electron chi connectivity index (χ0n) is 16.8. The largest absolute Gasteiger partial charge is 0.388 e. The first-order valence-corrected chi connectivity index (χ1v) is 10.7. The summed E-state index contributed by atoms with van der Waals surface area (Å²) >= 11 is 0. The predicted molar refractivity (Wildman–Crippen MR) is 119 cm³/mol. The number of guanidine groups is 1. The fraction of sp³-hybridized carbons (Fsp3) is 0.950. The van der Waals surface area contributed by atoms with Crippen molar-refractivity contribution in [3.05, 3.63) is 0 Å². The molecule has 0 amide bonds. The maximum Gasteiger partial charge on any atom is 0.194 e. The molecule has 7 heteroatoms. The van der Waals surface area contributed by atoms with E-state index in [1.54, 1.807) is 0 Å². The molecule has 0 aromatic heterocycles. The number of aliphatic hydroxyl groups is 1. The van der Waals surface area contributed by atoms with Gasteiger partial charge in [0, 0.05) is 26.2 Å². The maximum absolute atomic E-state index is 10.7. The van der Waals surface area contributed by atoms with Crippen molar-refractivity contribution in [1.82, 2.24) is 10.2 Å². The zero-order valence-corrected chi connectivity index (χ0v) is 19.2. The summed E-state index contributed by atoms with van der Waals surface area (Å²) in [6.45, 7) is 7.02. The average Bonchev–Trinajstić information content (AvgIpc) is 3.18. The van der Waals surface area contributed by atoms with Crippen molar-refractivity contribution >= 4 is 29.9 Å². The summed E-state index contributed by atoms with van der Waals surface area (Å²) in [7, 11) is 0. The molecule has 0 aromatic rings. The van der Waals surface area contributed by atoms with Gasteiger partial charge in [-0.05, 0) is 45.4 Å². The van der Waals surface area contributed by atoms with E-state index in [1.807, 2.05) is 0 Å². The minimum absolute atomic E-state index is 0. The van der Waals surface area contributed by atoms with E-state index in [1.165, 1.54) is 12.8 Å². The van der Waals surface area contributed by atoms with E-state index < -0.39 is 5.60 Å². The van der Waals surface area contributed by atoms with Crippen molar-refractivity contribution in [1.29, 1.82) is 0 Å². The number of likely N-dealkylation sites (tertiary alicyclic amines) is 1. The van der Waals surface area contributed by atoms with Crippen LogP contribution in [-0.2, 0) is 9.47 Å². The summed E-state index contributed by atoms with van der Waals surface area (Å²) in [5.74, 6) is 0.948. The SMILES string of the molecule is CCNC(=NCC1(O)CCCCC1)N1CCC(OCC2CCCO2)CC1.I. The van der Waals surface area contributed by atoms with Crippen LogP contribution in [0.4, 0.5) is 0 Å². The van der Waals surface area contributed by atoms with Crippen molar-refractivity contribution in [2.24, 2.45) is 4.99 Å². The Hall–Kier alpha value is -0.120. The minimum Gasteiger partial charge on any atom is -0.388 e. The molecule has 2 aliphatic heterocycles. The van der Waals surface area contributed by atoms with Gasteiger partial charge in [-0.1, -0.05) is 19.3 Å². The fourth-order valence-corrected chi connectivity index (χ4v) is 4.27. The smallest absolute Gasteiger partial charge is 0.194 e. The van der Waals surface area contributed by atoms with Gasteiger partial charge < -0.3 is 24.8 Å². The average molecular weight is 495 g/mol. The van der Waals surface area contributed by atoms with Crippen molar-refractivity contribution in [2.75, 3.05) is 39.4 Å². The Balaban J connectivity index is 0.00000261. The first kappa shape index (κ1) is 23.2. The lowest BCUT2D eigenvalue weighted by molar-refractivity contribution is -0.0368. The molecule has 6 nitrogen and oxygen atoms in total. The molecular weight excluding hydrogens is 457 g/mol. The standard InChI is InChI=1S/C20H37N3O3.HI/c1-2-21-19(22-16-20(24)10-4-3-5-11-20)23-12-8-17(9-13-23)26-15-18-7-6-14-25-18;/h17-18,24H,2-16H2,1H3,(H,21,22);1H. The molecule has 2 saturated heterocycles. The highest BCUT2D eigenvalue weighted by atomic mass is 127. The quantitative estimate of drug-likeness (QED) is 0.337. The van der Waals surface area contributed by atoms with Gasteiger partial charge in [-0.15, -0.1) is 24.0 Å². The summed E-state index contributed by atoms with van der Waals surface area (Å²) < 4.78 is 11.7. The summed E-state index contributed by atoms with van der Waals surface area (Å²) in [5, 5.41) is 14.1. The maximum atomic E-state index is 10.7. The molecular formula is C20H38IN3O3. The highest BCUT2D eigenvalue weighted by molar-refractivity contribution is 14.0. The molecule has 1 unspecified atom stereocenters. The van der Waals surface area contributed by atoms with E-state index in [-0.39, 0.29) is 24.0 Å². The Labute approximate surface area is 181 Å². The monoisotopic (exact) mass is 495 g/mol. The van der Waals surface area contributed by atoms with Crippen molar-refractivity contribution < 1.29 is 14.6 Å². The molecule has 0 bridgehead atoms. The van der Waals surface area contributed by atoms with Crippen LogP contribution in [0.5, 0.6) is 0 Å². The van der Waals surface area contributed by atoms with Gasteiger partial charge in [0.15, 0.2) is 5.96 Å². The van der Waals surface area contributed by atoms with Crippen LogP contribution in [0.2, 0.25) is 0 Å². The first-order valence-electron chi connectivity index (χ1n) is 10.7. The second-order valence-corrected chi connectivity index (χ2v) is 8.11. The summed E-state index contributed by atoms with van der Waals surface area (Å²) in [6, 6.07) is 0. The summed E-state index contributed by atoms with van der Waals surface area (Å²) in [5.41, 5.74) is -0.596. The minimum atomic E-state index is -0.596. The Morgan fingerprint density at radius 2 is 1.93 bits per heavy atom. The molecule has 3 rings (SSSR count). The Morgan fingerprint density at radius 3 is 2.56 bits per heavy atom. The van der Waals surface area contributed by atoms with E-state index >= 15 is 0 Å². The van der Waals surface area contributed by atoms with Crippen molar-refractivity contribution in [3.8, 4) is 0 Å². The van der Waals surface area contributed by atoms with Crippen LogP contribution in [0.25, 0.3) is 0 Å². The van der Waals surface area contributed by atoms with Crippen LogP contribution < -0.4 is 5.32 Å². The lowest BCUT2D eigenvalue weighted by Crippen LogP contribution is -2.48. The highest BCUT2D eigenvalue weighted by Crippen LogP contribution is 2.28. The molecule has 2 N–H and O–H groups in total. The van der Waals surface area contributed by atoms with E-state index in [0.717, 1.165) is 83.8 Å². The topological polar surface area (TPSA) is 66.3 Å². The second-order valence-electron chi connectivity index (χ2n) is 8.11. The summed E-state index contributed by atoms with van der Waals surface area (Å²) in [6.07, 6.45) is 10.3. The van der Waals surface area contributed by atoms with Gasteiger partial charge >= 0.3 is 0 Å². The lowest BCUT2D eigenvalue weighted by atomic mass is 9.85. The van der Waals surface area contributed by atoms with E-state index in [9.17, 15) is 5.11 Å². The molecule has 3 fully saturated rings. The van der Waals surface area contributed by atoms with Gasteiger partial charge in [-0.25, -0.2) is 0 Å². The number of nitrogens with one attached hydrogen (secondary N) is 1. The number of ether oxygens (including phenoxy) is 2. The van der Waals surface area contributed by atoms with E-state index in [4.69, 9.17) is 14.5 Å². The third kappa shape index (κ3) is 7.33. The number of piperidine rings is 1. The van der Waals surface area contributed by atoms with Gasteiger partial charge in [0.05, 0.1) is 31.0 Å². The molecule has 158 valence electrons. The van der Waals surface area contributed by atoms with Gasteiger partial charge in [0.1, 0.15) is 0 Å². The zero-order chi connectivity index (χ0) is 18.2. The van der Waals surface area contributed by atoms with Crippen molar-refractivity contribution in [3.63, 3.8) is 0 Å². The third-order valence-electron chi connectivity index (χ3n) is 5.93. The second kappa shape index (κ2) is 11.8. The van der Waals surface area contributed by atoms with E-state index in [0.29, 0.717) is 18.8 Å². The lowest BCUT2D eigenvalue weighted by Gasteiger charge is -2.35. The van der Waals surface area contributed by atoms with Gasteiger partial charge in [0.2, 0.25) is 0 Å². The predicted octanol–water partition coefficient (Wildman–Crippen LogP) is 2.93. The van der Waals surface area contributed by atoms with Gasteiger partial charge in [0.25, 0.3) is 0 Å². The Kier molecular flexibility index (Phi) is 10.1. The normalized spacial score (nSPS) is 26.7. The van der Waals surface area contributed by atoms with Gasteiger partial charge in [-0.2, -0.15) is 0 Å². The number of halogens is 1. The molecule has 3 aliphatic rings. The number of rotatable bonds is 6. The van der Waals surface area contributed by atoms with Crippen LogP contribution in [0.15, 0.2) is 4.99 Å². The number of hydrogen-bond acceptors (Lipinski definition) is 4. The van der Waals surface area contributed by atoms with Crippen LogP contribution in [0.3, 0.4) is 0 Å². The Morgan fingerprint density at radius 1 is 1.19 bits per heavy atom. The van der Waals surface area contributed by atoms with E-state index in [2.05, 4.69) is 17.1 Å².